The molecule has 1 fully saturated rings. The fraction of sp³-hybridized carbons (Fsp3) is 0.500. The van der Waals surface area contributed by atoms with Crippen LogP contribution in [0.5, 0.6) is 0 Å². The van der Waals surface area contributed by atoms with E-state index in [1.165, 1.54) is 37.6 Å². The van der Waals surface area contributed by atoms with Gasteiger partial charge in [-0.1, -0.05) is 48.3 Å². The van der Waals surface area contributed by atoms with Gasteiger partial charge in [0, 0.05) is 13.0 Å². The van der Waals surface area contributed by atoms with Crippen molar-refractivity contribution in [2.45, 2.75) is 49.8 Å². The van der Waals surface area contributed by atoms with E-state index < -0.39 is 15.9 Å². The van der Waals surface area contributed by atoms with Crippen molar-refractivity contribution >= 4 is 32.4 Å². The Hall–Kier alpha value is -1.84. The third kappa shape index (κ3) is 4.91. The molecular formula is C18H24N4O3S2. The highest BCUT2D eigenvalue weighted by atomic mass is 32.2. The average Bonchev–Trinajstić information content (AvgIpc) is 3.11. The van der Waals surface area contributed by atoms with Gasteiger partial charge in [-0.3, -0.25) is 10.1 Å². The molecule has 1 aromatic carbocycles. The monoisotopic (exact) mass is 408 g/mol. The number of benzene rings is 1. The van der Waals surface area contributed by atoms with Crippen LogP contribution in [-0.4, -0.2) is 42.4 Å². The van der Waals surface area contributed by atoms with E-state index in [9.17, 15) is 13.2 Å². The normalized spacial score (nSPS) is 15.8. The van der Waals surface area contributed by atoms with Crippen LogP contribution in [0.4, 0.5) is 5.13 Å². The van der Waals surface area contributed by atoms with Gasteiger partial charge in [-0.25, -0.2) is 8.42 Å². The maximum atomic E-state index is 12.6. The van der Waals surface area contributed by atoms with Crippen molar-refractivity contribution in [3.63, 3.8) is 0 Å². The van der Waals surface area contributed by atoms with Gasteiger partial charge in [0.25, 0.3) is 0 Å². The molecule has 7 nitrogen and oxygen atoms in total. The Labute approximate surface area is 163 Å². The first-order valence-corrected chi connectivity index (χ1v) is 11.3. The standard InChI is InChI=1S/C18H24N4O3S2/c1-13-8-10-15(11-9-13)27(24,25)22(2)12-16(23)19-18-21-20-17(26-18)14-6-4-3-5-7-14/h8-11,14H,3-7,12H2,1-2H3,(H,19,21,23). The van der Waals surface area contributed by atoms with Crippen LogP contribution in [0.2, 0.25) is 0 Å². The minimum absolute atomic E-state index is 0.166. The van der Waals surface area contributed by atoms with Gasteiger partial charge in [-0.2, -0.15) is 4.31 Å². The van der Waals surface area contributed by atoms with Crippen LogP contribution in [0, 0.1) is 6.92 Å². The molecule has 1 aromatic heterocycles. The predicted molar refractivity (Wildman–Crippen MR) is 105 cm³/mol. The molecular weight excluding hydrogens is 384 g/mol. The van der Waals surface area contributed by atoms with Gasteiger partial charge in [-0.15, -0.1) is 10.2 Å². The largest absolute Gasteiger partial charge is 0.299 e. The van der Waals surface area contributed by atoms with Crippen LogP contribution in [0.15, 0.2) is 29.2 Å². The minimum atomic E-state index is -3.72. The van der Waals surface area contributed by atoms with Crippen molar-refractivity contribution in [2.24, 2.45) is 0 Å². The molecule has 1 N–H and O–H groups in total. The average molecular weight is 409 g/mol. The number of nitrogens with one attached hydrogen (secondary N) is 1. The molecule has 1 aliphatic carbocycles. The molecule has 9 heteroatoms. The molecule has 1 saturated carbocycles. The highest BCUT2D eigenvalue weighted by molar-refractivity contribution is 7.89. The Morgan fingerprint density at radius 2 is 1.85 bits per heavy atom. The van der Waals surface area contributed by atoms with Crippen molar-refractivity contribution in [2.75, 3.05) is 18.9 Å². The number of anilines is 1. The summed E-state index contributed by atoms with van der Waals surface area (Å²) in [5.41, 5.74) is 0.972. The number of aromatic nitrogens is 2. The van der Waals surface area contributed by atoms with E-state index in [1.807, 2.05) is 6.92 Å². The van der Waals surface area contributed by atoms with Crippen LogP contribution in [0.25, 0.3) is 0 Å². The quantitative estimate of drug-likeness (QED) is 0.793. The van der Waals surface area contributed by atoms with E-state index in [2.05, 4.69) is 15.5 Å². The Bertz CT molecular complexity index is 888. The summed E-state index contributed by atoms with van der Waals surface area (Å²) >= 11 is 1.38. The smallest absolute Gasteiger partial charge is 0.243 e. The molecule has 0 bridgehead atoms. The number of carbonyl (C=O) groups excluding carboxylic acids is 1. The summed E-state index contributed by atoms with van der Waals surface area (Å²) in [6, 6.07) is 6.55. The van der Waals surface area contributed by atoms with Crippen LogP contribution in [-0.2, 0) is 14.8 Å². The molecule has 1 amide bonds. The van der Waals surface area contributed by atoms with Crippen LogP contribution < -0.4 is 5.32 Å². The van der Waals surface area contributed by atoms with Crippen molar-refractivity contribution in [1.82, 2.24) is 14.5 Å². The summed E-state index contributed by atoms with van der Waals surface area (Å²) in [7, 11) is -2.32. The number of hydrogen-bond donors (Lipinski definition) is 1. The number of amides is 1. The summed E-state index contributed by atoms with van der Waals surface area (Å²) in [4.78, 5) is 12.4. The van der Waals surface area contributed by atoms with Crippen molar-refractivity contribution in [3.8, 4) is 0 Å². The molecule has 0 aliphatic heterocycles. The highest BCUT2D eigenvalue weighted by Gasteiger charge is 2.24. The number of carbonyl (C=O) groups is 1. The second-order valence-corrected chi connectivity index (χ2v) is 9.96. The SMILES string of the molecule is Cc1ccc(S(=O)(=O)N(C)CC(=O)Nc2nnc(C3CCCCC3)s2)cc1. The van der Waals surface area contributed by atoms with E-state index >= 15 is 0 Å². The Kier molecular flexibility index (Phi) is 6.23. The second kappa shape index (κ2) is 8.45. The number of sulfonamides is 1. The lowest BCUT2D eigenvalue weighted by Crippen LogP contribution is -2.34. The Balaban J connectivity index is 1.60. The molecule has 1 aliphatic rings. The fourth-order valence-corrected chi connectivity index (χ4v) is 5.19. The van der Waals surface area contributed by atoms with E-state index in [-0.39, 0.29) is 11.4 Å². The third-order valence-corrected chi connectivity index (χ3v) is 7.56. The fourth-order valence-electron chi connectivity index (χ4n) is 3.14. The van der Waals surface area contributed by atoms with Gasteiger partial charge in [0.15, 0.2) is 0 Å². The molecule has 2 aromatic rings. The number of rotatable bonds is 6. The van der Waals surface area contributed by atoms with Gasteiger partial charge in [0.05, 0.1) is 11.4 Å². The predicted octanol–water partition coefficient (Wildman–Crippen LogP) is 3.15. The number of hydrogen-bond acceptors (Lipinski definition) is 6. The molecule has 0 unspecified atom stereocenters. The summed E-state index contributed by atoms with van der Waals surface area (Å²) < 4.78 is 26.2. The zero-order chi connectivity index (χ0) is 19.4. The molecule has 0 spiro atoms. The molecule has 27 heavy (non-hydrogen) atoms. The van der Waals surface area contributed by atoms with Crippen LogP contribution in [0.1, 0.15) is 48.6 Å². The summed E-state index contributed by atoms with van der Waals surface area (Å²) in [6.07, 6.45) is 5.89. The van der Waals surface area contributed by atoms with E-state index in [0.29, 0.717) is 11.0 Å². The lowest BCUT2D eigenvalue weighted by atomic mass is 9.90. The van der Waals surface area contributed by atoms with Gasteiger partial charge in [-0.05, 0) is 31.9 Å². The summed E-state index contributed by atoms with van der Waals surface area (Å²) in [5, 5.41) is 12.3. The van der Waals surface area contributed by atoms with Crippen molar-refractivity contribution in [3.05, 3.63) is 34.8 Å². The van der Waals surface area contributed by atoms with Gasteiger partial charge < -0.3 is 0 Å². The summed E-state index contributed by atoms with van der Waals surface area (Å²) in [6.45, 7) is 1.60. The van der Waals surface area contributed by atoms with Crippen molar-refractivity contribution in [1.29, 1.82) is 0 Å². The highest BCUT2D eigenvalue weighted by Crippen LogP contribution is 2.35. The Morgan fingerprint density at radius 3 is 2.52 bits per heavy atom. The summed E-state index contributed by atoms with van der Waals surface area (Å²) in [5.74, 6) is -0.00831. The van der Waals surface area contributed by atoms with Crippen molar-refractivity contribution < 1.29 is 13.2 Å². The molecule has 3 rings (SSSR count). The molecule has 146 valence electrons. The Morgan fingerprint density at radius 1 is 1.19 bits per heavy atom. The zero-order valence-corrected chi connectivity index (χ0v) is 17.1. The first kappa shape index (κ1) is 19.9. The molecule has 0 saturated heterocycles. The van der Waals surface area contributed by atoms with Gasteiger partial charge in [0.2, 0.25) is 21.1 Å². The number of likely N-dealkylation sites (N-methyl/N-ethyl adjacent to an activating group) is 1. The lowest BCUT2D eigenvalue weighted by Gasteiger charge is -2.18. The topological polar surface area (TPSA) is 92.3 Å². The lowest BCUT2D eigenvalue weighted by molar-refractivity contribution is -0.116. The molecule has 1 heterocycles. The number of nitrogens with zero attached hydrogens (tertiary/aromatic N) is 3. The van der Waals surface area contributed by atoms with Crippen LogP contribution >= 0.6 is 11.3 Å². The van der Waals surface area contributed by atoms with E-state index in [1.54, 1.807) is 24.3 Å². The van der Waals surface area contributed by atoms with Crippen LogP contribution in [0.3, 0.4) is 0 Å². The minimum Gasteiger partial charge on any atom is -0.299 e. The third-order valence-electron chi connectivity index (χ3n) is 4.74. The second-order valence-electron chi connectivity index (χ2n) is 6.90. The van der Waals surface area contributed by atoms with E-state index in [0.717, 1.165) is 27.7 Å². The molecule has 0 atom stereocenters. The van der Waals surface area contributed by atoms with Gasteiger partial charge >= 0.3 is 0 Å². The van der Waals surface area contributed by atoms with E-state index in [4.69, 9.17) is 0 Å². The van der Waals surface area contributed by atoms with Gasteiger partial charge in [0.1, 0.15) is 5.01 Å². The maximum absolute atomic E-state index is 12.6. The zero-order valence-electron chi connectivity index (χ0n) is 15.5. The first-order chi connectivity index (χ1) is 12.9. The number of aryl methyl sites for hydroxylation is 1. The molecule has 0 radical (unpaired) electrons. The first-order valence-electron chi connectivity index (χ1n) is 9.02. The maximum Gasteiger partial charge on any atom is 0.243 e.